The van der Waals surface area contributed by atoms with E-state index in [1.165, 1.54) is 5.56 Å². The van der Waals surface area contributed by atoms with Crippen molar-refractivity contribution in [3.05, 3.63) is 64.1 Å². The van der Waals surface area contributed by atoms with Gasteiger partial charge in [0.05, 0.1) is 0 Å². The van der Waals surface area contributed by atoms with Crippen molar-refractivity contribution in [1.29, 1.82) is 0 Å². The number of rotatable bonds is 5. The van der Waals surface area contributed by atoms with Gasteiger partial charge in [0.25, 0.3) is 0 Å². The summed E-state index contributed by atoms with van der Waals surface area (Å²) in [5.74, 6) is 0.907. The van der Waals surface area contributed by atoms with Crippen molar-refractivity contribution in [3.63, 3.8) is 0 Å². The van der Waals surface area contributed by atoms with Gasteiger partial charge in [0, 0.05) is 10.9 Å². The largest absolute Gasteiger partial charge is 0.427 e. The Morgan fingerprint density at radius 1 is 1.05 bits per heavy atom. The maximum Gasteiger partial charge on any atom is 0.311 e. The van der Waals surface area contributed by atoms with Gasteiger partial charge < -0.3 is 4.74 Å². The molecule has 0 atom stereocenters. The maximum atomic E-state index is 11.8. The number of hydrogen-bond acceptors (Lipinski definition) is 2. The average molecular weight is 347 g/mol. The number of benzene rings is 2. The minimum atomic E-state index is -0.203. The average Bonchev–Trinajstić information content (AvgIpc) is 2.48. The second kappa shape index (κ2) is 7.41. The topological polar surface area (TPSA) is 26.3 Å². The van der Waals surface area contributed by atoms with Crippen LogP contribution in [0, 0.1) is 0 Å². The van der Waals surface area contributed by atoms with Gasteiger partial charge in [-0.1, -0.05) is 54.0 Å². The van der Waals surface area contributed by atoms with Crippen molar-refractivity contribution >= 4 is 21.9 Å². The van der Waals surface area contributed by atoms with E-state index in [9.17, 15) is 4.79 Å². The van der Waals surface area contributed by atoms with Crippen LogP contribution in [-0.2, 0) is 11.2 Å². The van der Waals surface area contributed by atoms with Crippen LogP contribution in [0.25, 0.3) is 0 Å². The number of carbonyl (C=O) groups is 1. The van der Waals surface area contributed by atoms with Gasteiger partial charge in [-0.2, -0.15) is 0 Å². The lowest BCUT2D eigenvalue weighted by molar-refractivity contribution is -0.134. The van der Waals surface area contributed by atoms with Crippen molar-refractivity contribution in [2.75, 3.05) is 0 Å². The van der Waals surface area contributed by atoms with Crippen LogP contribution in [0.1, 0.15) is 37.3 Å². The third-order valence-corrected chi connectivity index (χ3v) is 3.84. The molecule has 110 valence electrons. The molecule has 0 aliphatic carbocycles. The fraction of sp³-hybridized carbons (Fsp3) is 0.278. The standard InChI is InChI=1S/C18H19BrO2/c1-13(2)15-6-3-14(4-7-15)5-12-18(20)21-17-10-8-16(19)9-11-17/h3-4,6-11,13H,5,12H2,1-2H3. The van der Waals surface area contributed by atoms with Crippen LogP contribution in [0.3, 0.4) is 0 Å². The molecule has 0 bridgehead atoms. The van der Waals surface area contributed by atoms with Gasteiger partial charge in [-0.05, 0) is 47.7 Å². The first-order chi connectivity index (χ1) is 10.0. The van der Waals surface area contributed by atoms with Crippen LogP contribution < -0.4 is 4.74 Å². The number of ether oxygens (including phenoxy) is 1. The van der Waals surface area contributed by atoms with Crippen LogP contribution in [0.15, 0.2) is 53.0 Å². The summed E-state index contributed by atoms with van der Waals surface area (Å²) in [6.45, 7) is 4.34. The van der Waals surface area contributed by atoms with Gasteiger partial charge in [-0.3, -0.25) is 4.79 Å². The fourth-order valence-corrected chi connectivity index (χ4v) is 2.27. The lowest BCUT2D eigenvalue weighted by atomic mass is 10.0. The van der Waals surface area contributed by atoms with Crippen molar-refractivity contribution < 1.29 is 9.53 Å². The quantitative estimate of drug-likeness (QED) is 0.555. The zero-order valence-corrected chi connectivity index (χ0v) is 13.9. The van der Waals surface area contributed by atoms with Crippen LogP contribution in [0.2, 0.25) is 0 Å². The van der Waals surface area contributed by atoms with Gasteiger partial charge in [-0.25, -0.2) is 0 Å². The fourth-order valence-electron chi connectivity index (χ4n) is 2.00. The highest BCUT2D eigenvalue weighted by molar-refractivity contribution is 9.10. The molecule has 0 saturated heterocycles. The zero-order valence-electron chi connectivity index (χ0n) is 12.3. The maximum absolute atomic E-state index is 11.8. The molecule has 0 spiro atoms. The summed E-state index contributed by atoms with van der Waals surface area (Å²) in [7, 11) is 0. The van der Waals surface area contributed by atoms with Crippen LogP contribution in [-0.4, -0.2) is 5.97 Å². The van der Waals surface area contributed by atoms with E-state index in [1.807, 2.05) is 12.1 Å². The third kappa shape index (κ3) is 5.01. The Hall–Kier alpha value is -1.61. The summed E-state index contributed by atoms with van der Waals surface area (Å²) in [5, 5.41) is 0. The molecule has 0 aliphatic heterocycles. The molecule has 3 heteroatoms. The first-order valence-corrected chi connectivity index (χ1v) is 7.89. The van der Waals surface area contributed by atoms with Crippen LogP contribution in [0.4, 0.5) is 0 Å². The van der Waals surface area contributed by atoms with Gasteiger partial charge in [-0.15, -0.1) is 0 Å². The first kappa shape index (κ1) is 15.8. The summed E-state index contributed by atoms with van der Waals surface area (Å²) in [6, 6.07) is 15.7. The molecule has 0 radical (unpaired) electrons. The van der Waals surface area contributed by atoms with E-state index in [2.05, 4.69) is 54.0 Å². The minimum absolute atomic E-state index is 0.203. The van der Waals surface area contributed by atoms with Gasteiger partial charge in [0.2, 0.25) is 0 Å². The summed E-state index contributed by atoms with van der Waals surface area (Å²) in [4.78, 5) is 11.8. The monoisotopic (exact) mass is 346 g/mol. The molecule has 2 nitrogen and oxygen atoms in total. The summed E-state index contributed by atoms with van der Waals surface area (Å²) < 4.78 is 6.26. The molecule has 0 fully saturated rings. The van der Waals surface area contributed by atoms with E-state index >= 15 is 0 Å². The van der Waals surface area contributed by atoms with E-state index in [-0.39, 0.29) is 5.97 Å². The third-order valence-electron chi connectivity index (χ3n) is 3.31. The summed E-state index contributed by atoms with van der Waals surface area (Å²) >= 11 is 3.35. The molecular formula is C18H19BrO2. The summed E-state index contributed by atoms with van der Waals surface area (Å²) in [6.07, 6.45) is 1.09. The van der Waals surface area contributed by atoms with Crippen LogP contribution >= 0.6 is 15.9 Å². The second-order valence-corrected chi connectivity index (χ2v) is 6.24. The van der Waals surface area contributed by atoms with Gasteiger partial charge in [0.1, 0.15) is 5.75 Å². The molecule has 0 heterocycles. The molecular weight excluding hydrogens is 328 g/mol. The number of hydrogen-bond donors (Lipinski definition) is 0. The van der Waals surface area contributed by atoms with Gasteiger partial charge in [0.15, 0.2) is 0 Å². The molecule has 21 heavy (non-hydrogen) atoms. The predicted octanol–water partition coefficient (Wildman–Crippen LogP) is 5.11. The zero-order chi connectivity index (χ0) is 15.2. The molecule has 2 aromatic carbocycles. The Morgan fingerprint density at radius 2 is 1.67 bits per heavy atom. The van der Waals surface area contributed by atoms with Crippen molar-refractivity contribution in [1.82, 2.24) is 0 Å². The Bertz CT molecular complexity index is 586. The lowest BCUT2D eigenvalue weighted by Crippen LogP contribution is -2.09. The molecule has 0 amide bonds. The number of esters is 1. The smallest absolute Gasteiger partial charge is 0.311 e. The lowest BCUT2D eigenvalue weighted by Gasteiger charge is -2.07. The van der Waals surface area contributed by atoms with Crippen LogP contribution in [0.5, 0.6) is 5.75 Å². The van der Waals surface area contributed by atoms with Crippen molar-refractivity contribution in [2.45, 2.75) is 32.6 Å². The normalized spacial score (nSPS) is 10.7. The molecule has 0 aliphatic rings. The first-order valence-electron chi connectivity index (χ1n) is 7.09. The molecule has 2 aromatic rings. The number of carbonyl (C=O) groups excluding carboxylic acids is 1. The minimum Gasteiger partial charge on any atom is -0.427 e. The second-order valence-electron chi connectivity index (χ2n) is 5.32. The van der Waals surface area contributed by atoms with E-state index in [4.69, 9.17) is 4.74 Å². The van der Waals surface area contributed by atoms with E-state index in [0.717, 1.165) is 10.0 Å². The molecule has 0 unspecified atom stereocenters. The van der Waals surface area contributed by atoms with Crippen molar-refractivity contribution in [2.24, 2.45) is 0 Å². The Kier molecular flexibility index (Phi) is 5.57. The van der Waals surface area contributed by atoms with E-state index in [1.54, 1.807) is 12.1 Å². The Morgan fingerprint density at radius 3 is 2.24 bits per heavy atom. The summed E-state index contributed by atoms with van der Waals surface area (Å²) in [5.41, 5.74) is 2.48. The predicted molar refractivity (Wildman–Crippen MR) is 88.6 cm³/mol. The van der Waals surface area contributed by atoms with E-state index < -0.39 is 0 Å². The molecule has 0 aromatic heterocycles. The highest BCUT2D eigenvalue weighted by Crippen LogP contribution is 2.18. The molecule has 0 saturated carbocycles. The highest BCUT2D eigenvalue weighted by atomic mass is 79.9. The van der Waals surface area contributed by atoms with Crippen molar-refractivity contribution in [3.8, 4) is 5.75 Å². The van der Waals surface area contributed by atoms with Gasteiger partial charge >= 0.3 is 5.97 Å². The molecule has 2 rings (SSSR count). The van der Waals surface area contributed by atoms with E-state index in [0.29, 0.717) is 24.5 Å². The highest BCUT2D eigenvalue weighted by Gasteiger charge is 2.06. The number of halogens is 1. The Balaban J connectivity index is 1.84. The Labute approximate surface area is 134 Å². The number of aryl methyl sites for hydroxylation is 1. The SMILES string of the molecule is CC(C)c1ccc(CCC(=O)Oc2ccc(Br)cc2)cc1. The molecule has 0 N–H and O–H groups in total.